The third kappa shape index (κ3) is 4.11. The van der Waals surface area contributed by atoms with Crippen molar-refractivity contribution in [3.05, 3.63) is 36.4 Å². The van der Waals surface area contributed by atoms with Gasteiger partial charge >= 0.3 is 0 Å². The van der Waals surface area contributed by atoms with Crippen molar-refractivity contribution in [1.29, 1.82) is 0 Å². The normalized spacial score (nSPS) is 11.9. The molecule has 94 valence electrons. The summed E-state index contributed by atoms with van der Waals surface area (Å²) in [5.74, 6) is 2.13. The summed E-state index contributed by atoms with van der Waals surface area (Å²) < 4.78 is 10.5. The van der Waals surface area contributed by atoms with Crippen molar-refractivity contribution in [2.75, 3.05) is 20.8 Å². The van der Waals surface area contributed by atoms with E-state index in [1.54, 1.807) is 14.2 Å². The lowest BCUT2D eigenvalue weighted by atomic mass is 10.1. The van der Waals surface area contributed by atoms with E-state index in [1.165, 1.54) is 0 Å². The van der Waals surface area contributed by atoms with Crippen LogP contribution in [0.5, 0.6) is 11.5 Å². The summed E-state index contributed by atoms with van der Waals surface area (Å²) >= 11 is 0. The summed E-state index contributed by atoms with van der Waals surface area (Å²) in [6.45, 7) is 7.59. The predicted molar refractivity (Wildman–Crippen MR) is 70.6 cm³/mol. The molecule has 0 bridgehead atoms. The van der Waals surface area contributed by atoms with E-state index in [2.05, 4.69) is 18.8 Å². The van der Waals surface area contributed by atoms with Gasteiger partial charge in [0.15, 0.2) is 0 Å². The molecule has 0 aliphatic carbocycles. The predicted octanol–water partition coefficient (Wildman–Crippen LogP) is 2.62. The Hall–Kier alpha value is -1.48. The molecular weight excluding hydrogens is 214 g/mol. The molecule has 0 saturated heterocycles. The average molecular weight is 235 g/mol. The molecule has 1 aromatic rings. The van der Waals surface area contributed by atoms with Crippen molar-refractivity contribution in [2.24, 2.45) is 5.92 Å². The van der Waals surface area contributed by atoms with Crippen molar-refractivity contribution in [3.63, 3.8) is 0 Å². The zero-order valence-electron chi connectivity index (χ0n) is 10.8. The molecule has 0 spiro atoms. The second-order valence-electron chi connectivity index (χ2n) is 4.02. The van der Waals surface area contributed by atoms with Crippen LogP contribution >= 0.6 is 0 Å². The van der Waals surface area contributed by atoms with Crippen molar-refractivity contribution in [3.8, 4) is 11.5 Å². The van der Waals surface area contributed by atoms with Gasteiger partial charge in [0, 0.05) is 24.7 Å². The minimum atomic E-state index is 0.472. The van der Waals surface area contributed by atoms with Crippen LogP contribution in [0.15, 0.2) is 30.9 Å². The Balaban J connectivity index is 2.61. The molecule has 0 fully saturated rings. The van der Waals surface area contributed by atoms with E-state index in [0.717, 1.165) is 30.2 Å². The Bertz CT molecular complexity index is 363. The first-order valence-electron chi connectivity index (χ1n) is 5.75. The maximum atomic E-state index is 5.33. The van der Waals surface area contributed by atoms with Crippen LogP contribution in [0.3, 0.4) is 0 Å². The number of nitrogens with one attached hydrogen (secondary N) is 1. The highest BCUT2D eigenvalue weighted by Crippen LogP contribution is 2.24. The van der Waals surface area contributed by atoms with Gasteiger partial charge < -0.3 is 14.8 Å². The smallest absolute Gasteiger partial charge is 0.127 e. The quantitative estimate of drug-likeness (QED) is 0.737. The molecule has 1 unspecified atom stereocenters. The lowest BCUT2D eigenvalue weighted by Crippen LogP contribution is -2.19. The number of methoxy groups -OCH3 is 2. The highest BCUT2D eigenvalue weighted by Gasteiger charge is 2.05. The summed E-state index contributed by atoms with van der Waals surface area (Å²) in [5.41, 5.74) is 1.13. The third-order valence-corrected chi connectivity index (χ3v) is 2.68. The van der Waals surface area contributed by atoms with Gasteiger partial charge in [0.2, 0.25) is 0 Å². The SMILES string of the molecule is C=CC(C)CNCc1ccc(OC)cc1OC. The standard InChI is InChI=1S/C14H21NO2/c1-5-11(2)9-15-10-12-6-7-13(16-3)8-14(12)17-4/h5-8,11,15H,1,9-10H2,2-4H3. The summed E-state index contributed by atoms with van der Waals surface area (Å²) in [7, 11) is 3.32. The monoisotopic (exact) mass is 235 g/mol. The minimum absolute atomic E-state index is 0.472. The van der Waals surface area contributed by atoms with Gasteiger partial charge in [0.05, 0.1) is 14.2 Å². The topological polar surface area (TPSA) is 30.5 Å². The molecule has 3 nitrogen and oxygen atoms in total. The van der Waals surface area contributed by atoms with Crippen LogP contribution in [-0.4, -0.2) is 20.8 Å². The second-order valence-corrected chi connectivity index (χ2v) is 4.02. The molecule has 0 radical (unpaired) electrons. The first-order chi connectivity index (χ1) is 8.21. The first kappa shape index (κ1) is 13.6. The largest absolute Gasteiger partial charge is 0.497 e. The van der Waals surface area contributed by atoms with Crippen LogP contribution in [0.1, 0.15) is 12.5 Å². The Morgan fingerprint density at radius 2 is 2.12 bits per heavy atom. The van der Waals surface area contributed by atoms with Crippen LogP contribution in [0.25, 0.3) is 0 Å². The van der Waals surface area contributed by atoms with Crippen molar-refractivity contribution >= 4 is 0 Å². The van der Waals surface area contributed by atoms with E-state index in [0.29, 0.717) is 5.92 Å². The Kier molecular flexibility index (Phi) is 5.57. The average Bonchev–Trinajstić information content (AvgIpc) is 2.38. The van der Waals surface area contributed by atoms with E-state index in [9.17, 15) is 0 Å². The number of benzene rings is 1. The lowest BCUT2D eigenvalue weighted by Gasteiger charge is -2.12. The van der Waals surface area contributed by atoms with Crippen LogP contribution in [0, 0.1) is 5.92 Å². The highest BCUT2D eigenvalue weighted by atomic mass is 16.5. The number of ether oxygens (including phenoxy) is 2. The molecule has 0 amide bonds. The third-order valence-electron chi connectivity index (χ3n) is 2.68. The van der Waals surface area contributed by atoms with Gasteiger partial charge in [-0.05, 0) is 12.0 Å². The number of rotatable bonds is 7. The maximum Gasteiger partial charge on any atom is 0.127 e. The fraction of sp³-hybridized carbons (Fsp3) is 0.429. The molecular formula is C14H21NO2. The van der Waals surface area contributed by atoms with Crippen LogP contribution in [0.2, 0.25) is 0 Å². The Morgan fingerprint density at radius 3 is 2.71 bits per heavy atom. The summed E-state index contributed by atoms with van der Waals surface area (Å²) in [6, 6.07) is 5.85. The van der Waals surface area contributed by atoms with Gasteiger partial charge in [0.1, 0.15) is 11.5 Å². The molecule has 0 saturated carbocycles. The van der Waals surface area contributed by atoms with Gasteiger partial charge in [-0.2, -0.15) is 0 Å². The first-order valence-corrected chi connectivity index (χ1v) is 5.75. The van der Waals surface area contributed by atoms with Gasteiger partial charge in [-0.3, -0.25) is 0 Å². The molecule has 1 N–H and O–H groups in total. The lowest BCUT2D eigenvalue weighted by molar-refractivity contribution is 0.389. The van der Waals surface area contributed by atoms with Gasteiger partial charge in [-0.1, -0.05) is 19.1 Å². The van der Waals surface area contributed by atoms with Gasteiger partial charge in [-0.25, -0.2) is 0 Å². The molecule has 0 aromatic heterocycles. The zero-order chi connectivity index (χ0) is 12.7. The highest BCUT2D eigenvalue weighted by molar-refractivity contribution is 5.40. The van der Waals surface area contributed by atoms with E-state index in [-0.39, 0.29) is 0 Å². The summed E-state index contributed by atoms with van der Waals surface area (Å²) in [5, 5.41) is 3.37. The summed E-state index contributed by atoms with van der Waals surface area (Å²) in [6.07, 6.45) is 1.94. The van der Waals surface area contributed by atoms with E-state index >= 15 is 0 Å². The van der Waals surface area contributed by atoms with Gasteiger partial charge in [-0.15, -0.1) is 6.58 Å². The van der Waals surface area contributed by atoms with E-state index in [1.807, 2.05) is 24.3 Å². The van der Waals surface area contributed by atoms with E-state index in [4.69, 9.17) is 9.47 Å². The molecule has 3 heteroatoms. The number of hydrogen-bond acceptors (Lipinski definition) is 3. The summed E-state index contributed by atoms with van der Waals surface area (Å²) in [4.78, 5) is 0. The fourth-order valence-corrected chi connectivity index (χ4v) is 1.52. The maximum absolute atomic E-state index is 5.33. The second kappa shape index (κ2) is 6.97. The Morgan fingerprint density at radius 1 is 1.35 bits per heavy atom. The van der Waals surface area contributed by atoms with Crippen molar-refractivity contribution < 1.29 is 9.47 Å². The molecule has 1 rings (SSSR count). The molecule has 0 aliphatic heterocycles. The fourth-order valence-electron chi connectivity index (χ4n) is 1.52. The molecule has 1 aromatic carbocycles. The van der Waals surface area contributed by atoms with Crippen LogP contribution < -0.4 is 14.8 Å². The van der Waals surface area contributed by atoms with Gasteiger partial charge in [0.25, 0.3) is 0 Å². The van der Waals surface area contributed by atoms with Crippen LogP contribution in [-0.2, 0) is 6.54 Å². The van der Waals surface area contributed by atoms with E-state index < -0.39 is 0 Å². The van der Waals surface area contributed by atoms with Crippen molar-refractivity contribution in [1.82, 2.24) is 5.32 Å². The molecule has 0 heterocycles. The Labute approximate surface area is 103 Å². The molecule has 1 atom stereocenters. The minimum Gasteiger partial charge on any atom is -0.497 e. The number of hydrogen-bond donors (Lipinski definition) is 1. The zero-order valence-corrected chi connectivity index (χ0v) is 10.8. The van der Waals surface area contributed by atoms with Crippen LogP contribution in [0.4, 0.5) is 0 Å². The van der Waals surface area contributed by atoms with Crippen molar-refractivity contribution in [2.45, 2.75) is 13.5 Å². The molecule has 0 aliphatic rings. The molecule has 17 heavy (non-hydrogen) atoms.